The van der Waals surface area contributed by atoms with Crippen LogP contribution in [0.2, 0.25) is 0 Å². The zero-order chi connectivity index (χ0) is 19.8. The van der Waals surface area contributed by atoms with E-state index in [1.807, 2.05) is 0 Å². The van der Waals surface area contributed by atoms with E-state index in [1.54, 1.807) is 0 Å². The van der Waals surface area contributed by atoms with Gasteiger partial charge in [0.2, 0.25) is 0 Å². The molecule has 1 unspecified atom stereocenters. The van der Waals surface area contributed by atoms with E-state index in [9.17, 15) is 22.4 Å². The smallest absolute Gasteiger partial charge is 0.255 e. The van der Waals surface area contributed by atoms with Crippen LogP contribution in [0.3, 0.4) is 0 Å². The van der Waals surface area contributed by atoms with Gasteiger partial charge in [-0.1, -0.05) is 13.8 Å². The number of amides is 1. The van der Waals surface area contributed by atoms with Gasteiger partial charge in [0.25, 0.3) is 5.91 Å². The second kappa shape index (κ2) is 7.54. The molecule has 2 aromatic rings. The predicted molar refractivity (Wildman–Crippen MR) is 97.9 cm³/mol. The topological polar surface area (TPSA) is 29.1 Å². The van der Waals surface area contributed by atoms with Crippen LogP contribution < -0.4 is 5.32 Å². The lowest BCUT2D eigenvalue weighted by Gasteiger charge is -2.17. The summed E-state index contributed by atoms with van der Waals surface area (Å²) in [5, 5.41) is 2.57. The summed E-state index contributed by atoms with van der Waals surface area (Å²) < 4.78 is 53.7. The Balaban J connectivity index is 1.76. The van der Waals surface area contributed by atoms with E-state index in [4.69, 9.17) is 0 Å². The summed E-state index contributed by atoms with van der Waals surface area (Å²) >= 11 is 1.40. The second-order valence-corrected chi connectivity index (χ2v) is 8.84. The molecule has 3 rings (SSSR count). The van der Waals surface area contributed by atoms with Gasteiger partial charge < -0.3 is 5.32 Å². The molecule has 7 heteroatoms. The average Bonchev–Trinajstić information content (AvgIpc) is 2.93. The molecule has 0 bridgehead atoms. The lowest BCUT2D eigenvalue weighted by molar-refractivity contribution is 0.102. The maximum atomic E-state index is 14.2. The Hall–Kier alpha value is -2.02. The fraction of sp³-hybridized carbons (Fsp3) is 0.350. The third kappa shape index (κ3) is 4.64. The SMILES string of the molecule is CC1(C)CCC(Sc2cc(C(=O)Nc3cc(F)c(F)c(F)c3)ccc2F)C1. The minimum atomic E-state index is -1.60. The van der Waals surface area contributed by atoms with Gasteiger partial charge in [-0.05, 0) is 42.9 Å². The number of benzene rings is 2. The van der Waals surface area contributed by atoms with Crippen molar-refractivity contribution in [1.82, 2.24) is 0 Å². The first-order chi connectivity index (χ1) is 12.6. The Morgan fingerprint density at radius 1 is 1.07 bits per heavy atom. The molecule has 144 valence electrons. The molecule has 1 aliphatic rings. The van der Waals surface area contributed by atoms with Gasteiger partial charge in [-0.2, -0.15) is 0 Å². The molecule has 0 aliphatic heterocycles. The standard InChI is InChI=1S/C20H19F4NOS/c1-20(2)6-5-13(10-20)27-17-7-11(3-4-14(17)21)19(26)25-12-8-15(22)18(24)16(23)9-12/h3-4,7-9,13H,5-6,10H2,1-2H3,(H,25,26). The summed E-state index contributed by atoms with van der Waals surface area (Å²) in [5.74, 6) is -5.48. The first-order valence-corrected chi connectivity index (χ1v) is 9.45. The summed E-state index contributed by atoms with van der Waals surface area (Å²) in [5.41, 5.74) is 0.161. The Kier molecular flexibility index (Phi) is 5.51. The number of carbonyl (C=O) groups excluding carboxylic acids is 1. The summed E-state index contributed by atoms with van der Waals surface area (Å²) in [4.78, 5) is 12.7. The lowest BCUT2D eigenvalue weighted by atomic mass is 9.92. The number of thioether (sulfide) groups is 1. The van der Waals surface area contributed by atoms with E-state index in [0.717, 1.165) is 19.3 Å². The lowest BCUT2D eigenvalue weighted by Crippen LogP contribution is -2.13. The number of halogens is 4. The molecule has 0 spiro atoms. The van der Waals surface area contributed by atoms with Crippen molar-refractivity contribution in [1.29, 1.82) is 0 Å². The largest absolute Gasteiger partial charge is 0.322 e. The highest BCUT2D eigenvalue weighted by molar-refractivity contribution is 8.00. The number of hydrogen-bond acceptors (Lipinski definition) is 2. The minimum absolute atomic E-state index is 0.154. The van der Waals surface area contributed by atoms with Gasteiger partial charge in [0.1, 0.15) is 5.82 Å². The zero-order valence-electron chi connectivity index (χ0n) is 14.9. The molecule has 2 nitrogen and oxygen atoms in total. The van der Waals surface area contributed by atoms with Gasteiger partial charge in [0, 0.05) is 33.5 Å². The van der Waals surface area contributed by atoms with E-state index in [-0.39, 0.29) is 21.9 Å². The molecule has 0 heterocycles. The molecule has 1 N–H and O–H groups in total. The van der Waals surface area contributed by atoms with Crippen molar-refractivity contribution in [3.63, 3.8) is 0 Å². The third-order valence-electron chi connectivity index (χ3n) is 4.65. The minimum Gasteiger partial charge on any atom is -0.322 e. The monoisotopic (exact) mass is 397 g/mol. The maximum absolute atomic E-state index is 14.2. The molecule has 2 aromatic carbocycles. The Bertz CT molecular complexity index is 861. The Morgan fingerprint density at radius 2 is 1.74 bits per heavy atom. The van der Waals surface area contributed by atoms with Crippen molar-refractivity contribution < 1.29 is 22.4 Å². The Morgan fingerprint density at radius 3 is 2.33 bits per heavy atom. The van der Waals surface area contributed by atoms with Crippen LogP contribution in [0, 0.1) is 28.7 Å². The van der Waals surface area contributed by atoms with E-state index in [0.29, 0.717) is 17.0 Å². The first-order valence-electron chi connectivity index (χ1n) is 8.57. The van der Waals surface area contributed by atoms with Gasteiger partial charge >= 0.3 is 0 Å². The predicted octanol–water partition coefficient (Wildman–Crippen LogP) is 6.17. The molecule has 1 fully saturated rings. The summed E-state index contributed by atoms with van der Waals surface area (Å²) in [6, 6.07) is 5.30. The number of nitrogens with one attached hydrogen (secondary N) is 1. The van der Waals surface area contributed by atoms with E-state index in [1.165, 1.54) is 30.0 Å². The number of carbonyl (C=O) groups is 1. The molecular weight excluding hydrogens is 378 g/mol. The fourth-order valence-corrected chi connectivity index (χ4v) is 4.72. The highest BCUT2D eigenvalue weighted by Gasteiger charge is 2.32. The van der Waals surface area contributed by atoms with Crippen molar-refractivity contribution in [2.45, 2.75) is 43.3 Å². The molecule has 1 aliphatic carbocycles. The molecule has 1 saturated carbocycles. The molecule has 0 saturated heterocycles. The molecule has 1 atom stereocenters. The molecule has 27 heavy (non-hydrogen) atoms. The summed E-state index contributed by atoms with van der Waals surface area (Å²) in [7, 11) is 0. The van der Waals surface area contributed by atoms with Crippen LogP contribution in [0.25, 0.3) is 0 Å². The van der Waals surface area contributed by atoms with Gasteiger partial charge in [0.05, 0.1) is 0 Å². The third-order valence-corrected chi connectivity index (χ3v) is 5.95. The van der Waals surface area contributed by atoms with Crippen LogP contribution in [-0.4, -0.2) is 11.2 Å². The number of rotatable bonds is 4. The first kappa shape index (κ1) is 19.7. The van der Waals surface area contributed by atoms with Gasteiger partial charge in [-0.15, -0.1) is 11.8 Å². The highest BCUT2D eigenvalue weighted by atomic mass is 32.2. The molecule has 0 radical (unpaired) electrons. The quantitative estimate of drug-likeness (QED) is 0.494. The van der Waals surface area contributed by atoms with Crippen LogP contribution in [0.5, 0.6) is 0 Å². The fourth-order valence-electron chi connectivity index (χ4n) is 3.22. The molecule has 1 amide bonds. The normalized spacial score (nSPS) is 18.5. The Labute approximate surface area is 159 Å². The van der Waals surface area contributed by atoms with Crippen molar-refractivity contribution in [3.8, 4) is 0 Å². The number of hydrogen-bond donors (Lipinski definition) is 1. The van der Waals surface area contributed by atoms with Crippen LogP contribution in [0.1, 0.15) is 43.5 Å². The average molecular weight is 397 g/mol. The van der Waals surface area contributed by atoms with Gasteiger partial charge in [0.15, 0.2) is 17.5 Å². The van der Waals surface area contributed by atoms with E-state index < -0.39 is 29.2 Å². The van der Waals surface area contributed by atoms with Crippen molar-refractivity contribution in [3.05, 3.63) is 59.2 Å². The van der Waals surface area contributed by atoms with E-state index in [2.05, 4.69) is 19.2 Å². The van der Waals surface area contributed by atoms with Gasteiger partial charge in [-0.25, -0.2) is 17.6 Å². The van der Waals surface area contributed by atoms with Gasteiger partial charge in [-0.3, -0.25) is 4.79 Å². The number of anilines is 1. The summed E-state index contributed by atoms with van der Waals surface area (Å²) in [6.07, 6.45) is 3.00. The molecular formula is C20H19F4NOS. The van der Waals surface area contributed by atoms with Crippen LogP contribution in [0.4, 0.5) is 23.2 Å². The molecule has 0 aromatic heterocycles. The van der Waals surface area contributed by atoms with Crippen LogP contribution in [-0.2, 0) is 0 Å². The van der Waals surface area contributed by atoms with E-state index >= 15 is 0 Å². The van der Waals surface area contributed by atoms with Crippen LogP contribution >= 0.6 is 11.8 Å². The zero-order valence-corrected chi connectivity index (χ0v) is 15.7. The maximum Gasteiger partial charge on any atom is 0.255 e. The van der Waals surface area contributed by atoms with Crippen molar-refractivity contribution in [2.75, 3.05) is 5.32 Å². The van der Waals surface area contributed by atoms with Crippen molar-refractivity contribution >= 4 is 23.4 Å². The summed E-state index contributed by atoms with van der Waals surface area (Å²) in [6.45, 7) is 4.35. The van der Waals surface area contributed by atoms with Crippen LogP contribution in [0.15, 0.2) is 35.2 Å². The second-order valence-electron chi connectivity index (χ2n) is 7.50. The van der Waals surface area contributed by atoms with Crippen molar-refractivity contribution in [2.24, 2.45) is 5.41 Å². The highest BCUT2D eigenvalue weighted by Crippen LogP contribution is 2.45.